The van der Waals surface area contributed by atoms with Crippen molar-refractivity contribution in [2.45, 2.75) is 20.0 Å². The number of rotatable bonds is 5. The fourth-order valence-corrected chi connectivity index (χ4v) is 2.18. The maximum atomic E-state index is 11.9. The number of nitrogens with zero attached hydrogens (tertiary/aromatic N) is 2. The quantitative estimate of drug-likeness (QED) is 0.892. The maximum Gasteiger partial charge on any atom is 0.319 e. The normalized spacial score (nSPS) is 10.5. The summed E-state index contributed by atoms with van der Waals surface area (Å²) in [5, 5.41) is 5.66. The first-order valence-electron chi connectivity index (χ1n) is 7.23. The monoisotopic (exact) mass is 298 g/mol. The number of hydrogen-bond acceptors (Lipinski definition) is 3. The summed E-state index contributed by atoms with van der Waals surface area (Å²) in [5.74, 6) is 0. The molecule has 0 aliphatic carbocycles. The van der Waals surface area contributed by atoms with Gasteiger partial charge in [0, 0.05) is 30.7 Å². The van der Waals surface area contributed by atoms with E-state index in [0.29, 0.717) is 6.54 Å². The largest absolute Gasteiger partial charge is 0.334 e. The van der Waals surface area contributed by atoms with Crippen LogP contribution in [-0.4, -0.2) is 30.0 Å². The fraction of sp³-hybridized carbons (Fsp3) is 0.294. The average molecular weight is 298 g/mol. The first kappa shape index (κ1) is 16.0. The van der Waals surface area contributed by atoms with E-state index in [9.17, 15) is 4.79 Å². The first-order valence-corrected chi connectivity index (χ1v) is 7.23. The molecule has 0 saturated heterocycles. The molecule has 0 spiro atoms. The molecule has 116 valence electrons. The number of benzene rings is 1. The number of aryl methyl sites for hydroxylation is 1. The summed E-state index contributed by atoms with van der Waals surface area (Å²) >= 11 is 0. The Balaban J connectivity index is 1.88. The zero-order valence-corrected chi connectivity index (χ0v) is 13.3. The van der Waals surface area contributed by atoms with Crippen molar-refractivity contribution in [3.05, 3.63) is 59.4 Å². The Kier molecular flexibility index (Phi) is 5.49. The van der Waals surface area contributed by atoms with Gasteiger partial charge in [-0.15, -0.1) is 0 Å². The SMILES string of the molecule is Cc1cc(NC(=O)NCc2cccc(CN(C)C)c2)ccn1. The van der Waals surface area contributed by atoms with Gasteiger partial charge in [0.15, 0.2) is 0 Å². The van der Waals surface area contributed by atoms with Gasteiger partial charge < -0.3 is 15.5 Å². The van der Waals surface area contributed by atoms with Crippen LogP contribution in [0.15, 0.2) is 42.6 Å². The summed E-state index contributed by atoms with van der Waals surface area (Å²) in [7, 11) is 4.07. The number of carbonyl (C=O) groups excluding carboxylic acids is 1. The topological polar surface area (TPSA) is 57.3 Å². The van der Waals surface area contributed by atoms with Crippen LogP contribution in [0.25, 0.3) is 0 Å². The molecule has 1 aromatic heterocycles. The molecule has 0 unspecified atom stereocenters. The lowest BCUT2D eigenvalue weighted by atomic mass is 10.1. The molecule has 2 aromatic rings. The Morgan fingerprint density at radius 1 is 1.18 bits per heavy atom. The van der Waals surface area contributed by atoms with Gasteiger partial charge in [0.2, 0.25) is 0 Å². The van der Waals surface area contributed by atoms with Gasteiger partial charge in [-0.05, 0) is 44.3 Å². The predicted octanol–water partition coefficient (Wildman–Crippen LogP) is 2.77. The van der Waals surface area contributed by atoms with Gasteiger partial charge in [-0.25, -0.2) is 4.79 Å². The summed E-state index contributed by atoms with van der Waals surface area (Å²) in [6.45, 7) is 3.27. The molecule has 0 fully saturated rings. The van der Waals surface area contributed by atoms with E-state index in [-0.39, 0.29) is 6.03 Å². The molecule has 2 rings (SSSR count). The minimum Gasteiger partial charge on any atom is -0.334 e. The van der Waals surface area contributed by atoms with E-state index < -0.39 is 0 Å². The van der Waals surface area contributed by atoms with Crippen molar-refractivity contribution in [3.8, 4) is 0 Å². The van der Waals surface area contributed by atoms with E-state index >= 15 is 0 Å². The van der Waals surface area contributed by atoms with Crippen molar-refractivity contribution in [2.24, 2.45) is 0 Å². The average Bonchev–Trinajstić information content (AvgIpc) is 2.45. The second kappa shape index (κ2) is 7.56. The molecule has 2 amide bonds. The molecular formula is C17H22N4O. The highest BCUT2D eigenvalue weighted by atomic mass is 16.2. The molecule has 0 radical (unpaired) electrons. The second-order valence-corrected chi connectivity index (χ2v) is 5.55. The van der Waals surface area contributed by atoms with Crippen LogP contribution in [-0.2, 0) is 13.1 Å². The third kappa shape index (κ3) is 5.18. The van der Waals surface area contributed by atoms with Crippen LogP contribution in [0.2, 0.25) is 0 Å². The molecule has 22 heavy (non-hydrogen) atoms. The minimum atomic E-state index is -0.219. The summed E-state index contributed by atoms with van der Waals surface area (Å²) in [6, 6.07) is 11.6. The lowest BCUT2D eigenvalue weighted by Gasteiger charge is -2.12. The van der Waals surface area contributed by atoms with Crippen LogP contribution >= 0.6 is 0 Å². The summed E-state index contributed by atoms with van der Waals surface area (Å²) < 4.78 is 0. The molecule has 0 saturated carbocycles. The number of anilines is 1. The molecule has 0 bridgehead atoms. The van der Waals surface area contributed by atoms with Crippen molar-refractivity contribution < 1.29 is 4.79 Å². The molecule has 0 atom stereocenters. The number of urea groups is 1. The van der Waals surface area contributed by atoms with Crippen LogP contribution in [0.1, 0.15) is 16.8 Å². The minimum absolute atomic E-state index is 0.219. The van der Waals surface area contributed by atoms with E-state index in [1.807, 2.05) is 39.2 Å². The van der Waals surface area contributed by atoms with Crippen LogP contribution < -0.4 is 10.6 Å². The van der Waals surface area contributed by atoms with E-state index in [2.05, 4.69) is 32.7 Å². The van der Waals surface area contributed by atoms with Crippen molar-refractivity contribution >= 4 is 11.7 Å². The van der Waals surface area contributed by atoms with Crippen LogP contribution in [0.4, 0.5) is 10.5 Å². The Morgan fingerprint density at radius 2 is 1.95 bits per heavy atom. The molecule has 5 heteroatoms. The number of hydrogen-bond donors (Lipinski definition) is 2. The van der Waals surface area contributed by atoms with Crippen LogP contribution in [0, 0.1) is 6.92 Å². The molecule has 0 aliphatic heterocycles. The lowest BCUT2D eigenvalue weighted by Crippen LogP contribution is -2.28. The highest BCUT2D eigenvalue weighted by Crippen LogP contribution is 2.08. The number of pyridine rings is 1. The Hall–Kier alpha value is -2.40. The van der Waals surface area contributed by atoms with Crippen LogP contribution in [0.5, 0.6) is 0 Å². The Morgan fingerprint density at radius 3 is 2.68 bits per heavy atom. The molecule has 1 heterocycles. The molecule has 5 nitrogen and oxygen atoms in total. The third-order valence-electron chi connectivity index (χ3n) is 3.10. The summed E-state index contributed by atoms with van der Waals surface area (Å²) in [5.41, 5.74) is 3.93. The van der Waals surface area contributed by atoms with Crippen molar-refractivity contribution in [1.82, 2.24) is 15.2 Å². The third-order valence-corrected chi connectivity index (χ3v) is 3.10. The number of nitrogens with one attached hydrogen (secondary N) is 2. The second-order valence-electron chi connectivity index (χ2n) is 5.55. The zero-order chi connectivity index (χ0) is 15.9. The van der Waals surface area contributed by atoms with Gasteiger partial charge in [-0.3, -0.25) is 4.98 Å². The Bertz CT molecular complexity index is 640. The van der Waals surface area contributed by atoms with Crippen molar-refractivity contribution in [3.63, 3.8) is 0 Å². The molecule has 1 aromatic carbocycles. The Labute approximate surface area is 131 Å². The van der Waals surface area contributed by atoms with Gasteiger partial charge in [0.25, 0.3) is 0 Å². The molecular weight excluding hydrogens is 276 g/mol. The smallest absolute Gasteiger partial charge is 0.319 e. The fourth-order valence-electron chi connectivity index (χ4n) is 2.18. The predicted molar refractivity (Wildman–Crippen MR) is 88.7 cm³/mol. The molecule has 0 aliphatic rings. The summed E-state index contributed by atoms with van der Waals surface area (Å²) in [4.78, 5) is 18.1. The van der Waals surface area contributed by atoms with Gasteiger partial charge in [-0.2, -0.15) is 0 Å². The van der Waals surface area contributed by atoms with Crippen molar-refractivity contribution in [2.75, 3.05) is 19.4 Å². The number of aromatic nitrogens is 1. The van der Waals surface area contributed by atoms with Gasteiger partial charge in [0.1, 0.15) is 0 Å². The zero-order valence-electron chi connectivity index (χ0n) is 13.3. The number of amides is 2. The van der Waals surface area contributed by atoms with Crippen molar-refractivity contribution in [1.29, 1.82) is 0 Å². The standard InChI is InChI=1S/C17H22N4O/c1-13-9-16(7-8-18-13)20-17(22)19-11-14-5-4-6-15(10-14)12-21(2)3/h4-10H,11-12H2,1-3H3,(H2,18,19,20,22). The summed E-state index contributed by atoms with van der Waals surface area (Å²) in [6.07, 6.45) is 1.68. The van der Waals surface area contributed by atoms with Gasteiger partial charge in [-0.1, -0.05) is 24.3 Å². The molecule has 2 N–H and O–H groups in total. The van der Waals surface area contributed by atoms with Gasteiger partial charge in [0.05, 0.1) is 0 Å². The van der Waals surface area contributed by atoms with E-state index in [1.54, 1.807) is 12.3 Å². The highest BCUT2D eigenvalue weighted by molar-refractivity contribution is 5.89. The number of carbonyl (C=O) groups is 1. The maximum absolute atomic E-state index is 11.9. The highest BCUT2D eigenvalue weighted by Gasteiger charge is 2.03. The van der Waals surface area contributed by atoms with Crippen LogP contribution in [0.3, 0.4) is 0 Å². The van der Waals surface area contributed by atoms with Gasteiger partial charge >= 0.3 is 6.03 Å². The van der Waals surface area contributed by atoms with E-state index in [1.165, 1.54) is 5.56 Å². The van der Waals surface area contributed by atoms with E-state index in [0.717, 1.165) is 23.5 Å². The lowest BCUT2D eigenvalue weighted by molar-refractivity contribution is 0.251. The van der Waals surface area contributed by atoms with E-state index in [4.69, 9.17) is 0 Å². The first-order chi connectivity index (χ1) is 10.5.